The van der Waals surface area contributed by atoms with Gasteiger partial charge in [0, 0.05) is 18.8 Å². The standard InChI is InChI=1S/C15H16N2O3S/c1-17(9-15(19)20)14(18)8-12-10-21-13(16-12)7-11-5-3-2-4-6-11/h2-6,10H,7-9H2,1H3,(H,19,20). The highest BCUT2D eigenvalue weighted by atomic mass is 32.1. The maximum atomic E-state index is 11.8. The molecule has 1 aromatic heterocycles. The molecule has 0 spiro atoms. The molecule has 0 bridgehead atoms. The minimum absolute atomic E-state index is 0.134. The Morgan fingerprint density at radius 2 is 2.00 bits per heavy atom. The number of aromatic nitrogens is 1. The van der Waals surface area contributed by atoms with Crippen LogP contribution in [0.2, 0.25) is 0 Å². The van der Waals surface area contributed by atoms with Crippen LogP contribution in [0.5, 0.6) is 0 Å². The van der Waals surface area contributed by atoms with E-state index < -0.39 is 5.97 Å². The van der Waals surface area contributed by atoms with E-state index in [1.54, 1.807) is 0 Å². The van der Waals surface area contributed by atoms with Crippen molar-refractivity contribution in [2.24, 2.45) is 0 Å². The first kappa shape index (κ1) is 15.2. The Morgan fingerprint density at radius 1 is 1.29 bits per heavy atom. The molecule has 21 heavy (non-hydrogen) atoms. The lowest BCUT2D eigenvalue weighted by atomic mass is 10.2. The van der Waals surface area contributed by atoms with E-state index in [4.69, 9.17) is 5.11 Å². The van der Waals surface area contributed by atoms with Gasteiger partial charge in [-0.2, -0.15) is 0 Å². The Balaban J connectivity index is 1.94. The molecule has 5 nitrogen and oxygen atoms in total. The monoisotopic (exact) mass is 304 g/mol. The van der Waals surface area contributed by atoms with Crippen LogP contribution in [0.4, 0.5) is 0 Å². The van der Waals surface area contributed by atoms with Gasteiger partial charge in [-0.15, -0.1) is 11.3 Å². The lowest BCUT2D eigenvalue weighted by Crippen LogP contribution is -2.33. The Hall–Kier alpha value is -2.21. The average Bonchev–Trinajstić information content (AvgIpc) is 2.86. The molecule has 2 aromatic rings. The fraction of sp³-hybridized carbons (Fsp3) is 0.267. The van der Waals surface area contributed by atoms with Gasteiger partial charge in [-0.25, -0.2) is 4.98 Å². The summed E-state index contributed by atoms with van der Waals surface area (Å²) in [5.41, 5.74) is 1.86. The molecule has 1 N–H and O–H groups in total. The number of thiazole rings is 1. The van der Waals surface area contributed by atoms with Gasteiger partial charge in [0.1, 0.15) is 6.54 Å². The molecule has 2 rings (SSSR count). The van der Waals surface area contributed by atoms with Crippen LogP contribution < -0.4 is 0 Å². The number of amides is 1. The molecular weight excluding hydrogens is 288 g/mol. The third-order valence-electron chi connectivity index (χ3n) is 2.93. The van der Waals surface area contributed by atoms with Gasteiger partial charge < -0.3 is 10.0 Å². The topological polar surface area (TPSA) is 70.5 Å². The number of carbonyl (C=O) groups is 2. The van der Waals surface area contributed by atoms with E-state index in [0.717, 1.165) is 11.4 Å². The number of carboxylic acid groups (broad SMARTS) is 1. The van der Waals surface area contributed by atoms with Crippen molar-refractivity contribution >= 4 is 23.2 Å². The zero-order chi connectivity index (χ0) is 15.2. The summed E-state index contributed by atoms with van der Waals surface area (Å²) in [6.07, 6.45) is 0.875. The van der Waals surface area contributed by atoms with Gasteiger partial charge in [0.2, 0.25) is 5.91 Å². The van der Waals surface area contributed by atoms with Crippen LogP contribution in [-0.2, 0) is 22.4 Å². The third-order valence-corrected chi connectivity index (χ3v) is 3.83. The number of nitrogens with zero attached hydrogens (tertiary/aromatic N) is 2. The fourth-order valence-corrected chi connectivity index (χ4v) is 2.69. The van der Waals surface area contributed by atoms with Gasteiger partial charge in [-0.3, -0.25) is 9.59 Å². The highest BCUT2D eigenvalue weighted by Crippen LogP contribution is 2.15. The van der Waals surface area contributed by atoms with E-state index in [1.807, 2.05) is 35.7 Å². The third kappa shape index (κ3) is 4.68. The molecule has 0 unspecified atom stereocenters. The second-order valence-corrected chi connectivity index (χ2v) is 5.66. The SMILES string of the molecule is CN(CC(=O)O)C(=O)Cc1csc(Cc2ccccc2)n1. The van der Waals surface area contributed by atoms with E-state index in [9.17, 15) is 9.59 Å². The first-order chi connectivity index (χ1) is 10.0. The largest absolute Gasteiger partial charge is 0.480 e. The van der Waals surface area contributed by atoms with Gasteiger partial charge in [-0.1, -0.05) is 30.3 Å². The summed E-state index contributed by atoms with van der Waals surface area (Å²) in [6.45, 7) is -0.292. The molecule has 110 valence electrons. The number of hydrogen-bond acceptors (Lipinski definition) is 4. The van der Waals surface area contributed by atoms with Gasteiger partial charge in [0.25, 0.3) is 0 Å². The predicted molar refractivity (Wildman–Crippen MR) is 80.3 cm³/mol. The minimum Gasteiger partial charge on any atom is -0.480 e. The van der Waals surface area contributed by atoms with Crippen molar-refractivity contribution in [3.63, 3.8) is 0 Å². The summed E-state index contributed by atoms with van der Waals surface area (Å²) >= 11 is 1.51. The summed E-state index contributed by atoms with van der Waals surface area (Å²) in [7, 11) is 1.48. The second kappa shape index (κ2) is 6.99. The molecule has 0 aliphatic rings. The number of rotatable bonds is 6. The molecule has 0 fully saturated rings. The lowest BCUT2D eigenvalue weighted by molar-refractivity contribution is -0.143. The molecule has 0 saturated carbocycles. The summed E-state index contributed by atoms with van der Waals surface area (Å²) in [4.78, 5) is 28.0. The van der Waals surface area contributed by atoms with Gasteiger partial charge in [-0.05, 0) is 5.56 Å². The first-order valence-electron chi connectivity index (χ1n) is 6.47. The summed E-state index contributed by atoms with van der Waals surface area (Å²) in [6, 6.07) is 10.00. The number of likely N-dealkylation sites (N-methyl/N-ethyl adjacent to an activating group) is 1. The maximum absolute atomic E-state index is 11.8. The van der Waals surface area contributed by atoms with E-state index in [0.29, 0.717) is 5.69 Å². The fourth-order valence-electron chi connectivity index (χ4n) is 1.86. The first-order valence-corrected chi connectivity index (χ1v) is 7.35. The Morgan fingerprint density at radius 3 is 2.67 bits per heavy atom. The molecule has 0 aliphatic carbocycles. The molecular formula is C15H16N2O3S. The maximum Gasteiger partial charge on any atom is 0.323 e. The van der Waals surface area contributed by atoms with Crippen molar-refractivity contribution in [1.82, 2.24) is 9.88 Å². The van der Waals surface area contributed by atoms with Gasteiger partial charge in [0.15, 0.2) is 0 Å². The van der Waals surface area contributed by atoms with E-state index in [1.165, 1.54) is 28.8 Å². The van der Waals surface area contributed by atoms with Crippen molar-refractivity contribution in [3.8, 4) is 0 Å². The van der Waals surface area contributed by atoms with E-state index in [-0.39, 0.29) is 18.9 Å². The second-order valence-electron chi connectivity index (χ2n) is 4.72. The molecule has 0 atom stereocenters. The highest BCUT2D eigenvalue weighted by Gasteiger charge is 2.14. The van der Waals surface area contributed by atoms with Crippen molar-refractivity contribution in [2.75, 3.05) is 13.6 Å². The van der Waals surface area contributed by atoms with Crippen LogP contribution in [0.25, 0.3) is 0 Å². The smallest absolute Gasteiger partial charge is 0.323 e. The molecule has 0 saturated heterocycles. The lowest BCUT2D eigenvalue weighted by Gasteiger charge is -2.13. The average molecular weight is 304 g/mol. The summed E-state index contributed by atoms with van der Waals surface area (Å²) in [5.74, 6) is -1.26. The molecule has 0 radical (unpaired) electrons. The number of aliphatic carboxylic acids is 1. The van der Waals surface area contributed by atoms with Crippen LogP contribution in [0.3, 0.4) is 0 Å². The van der Waals surface area contributed by atoms with Crippen molar-refractivity contribution in [1.29, 1.82) is 0 Å². The van der Waals surface area contributed by atoms with Crippen LogP contribution in [0.15, 0.2) is 35.7 Å². The molecule has 0 aliphatic heterocycles. The van der Waals surface area contributed by atoms with Crippen molar-refractivity contribution < 1.29 is 14.7 Å². The molecule has 1 amide bonds. The van der Waals surface area contributed by atoms with Crippen LogP contribution in [0.1, 0.15) is 16.3 Å². The van der Waals surface area contributed by atoms with E-state index >= 15 is 0 Å². The number of hydrogen-bond donors (Lipinski definition) is 1. The van der Waals surface area contributed by atoms with Crippen molar-refractivity contribution in [3.05, 3.63) is 52.0 Å². The van der Waals surface area contributed by atoms with E-state index in [2.05, 4.69) is 4.98 Å². The zero-order valence-electron chi connectivity index (χ0n) is 11.7. The quantitative estimate of drug-likeness (QED) is 0.883. The molecule has 6 heteroatoms. The number of carboxylic acids is 1. The van der Waals surface area contributed by atoms with Gasteiger partial charge >= 0.3 is 5.97 Å². The number of benzene rings is 1. The van der Waals surface area contributed by atoms with Crippen molar-refractivity contribution in [2.45, 2.75) is 12.8 Å². The minimum atomic E-state index is -1.02. The van der Waals surface area contributed by atoms with Gasteiger partial charge in [0.05, 0.1) is 17.1 Å². The predicted octanol–water partition coefficient (Wildman–Crippen LogP) is 1.82. The van der Waals surface area contributed by atoms with Crippen LogP contribution in [-0.4, -0.2) is 40.5 Å². The Labute approximate surface area is 126 Å². The number of carbonyl (C=O) groups excluding carboxylic acids is 1. The summed E-state index contributed by atoms with van der Waals surface area (Å²) < 4.78 is 0. The Bertz CT molecular complexity index is 625. The highest BCUT2D eigenvalue weighted by molar-refractivity contribution is 7.09. The van der Waals surface area contributed by atoms with Crippen LogP contribution >= 0.6 is 11.3 Å². The van der Waals surface area contributed by atoms with Crippen LogP contribution in [0, 0.1) is 0 Å². The molecule has 1 heterocycles. The summed E-state index contributed by atoms with van der Waals surface area (Å²) in [5, 5.41) is 11.5. The molecule has 1 aromatic carbocycles. The normalized spacial score (nSPS) is 10.3. The zero-order valence-corrected chi connectivity index (χ0v) is 12.5. The Kier molecular flexibility index (Phi) is 5.05.